The Balaban J connectivity index is 1.87. The molecule has 2 aromatic carbocycles. The lowest BCUT2D eigenvalue weighted by atomic mass is 10.1. The molecule has 0 saturated carbocycles. The second-order valence-electron chi connectivity index (χ2n) is 6.37. The number of fused-ring (bicyclic) bond motifs is 1. The van der Waals surface area contributed by atoms with Crippen molar-refractivity contribution in [3.05, 3.63) is 80.3 Å². The van der Waals surface area contributed by atoms with Gasteiger partial charge in [0.15, 0.2) is 0 Å². The number of rotatable bonds is 6. The molecule has 0 spiro atoms. The molecule has 0 saturated heterocycles. The maximum absolute atomic E-state index is 12.8. The highest BCUT2D eigenvalue weighted by molar-refractivity contribution is 7.58. The van der Waals surface area contributed by atoms with Gasteiger partial charge in [0.2, 0.25) is 13.3 Å². The van der Waals surface area contributed by atoms with Gasteiger partial charge in [-0.3, -0.25) is 19.5 Å². The van der Waals surface area contributed by atoms with E-state index in [9.17, 15) is 24.4 Å². The molecule has 0 bridgehead atoms. The summed E-state index contributed by atoms with van der Waals surface area (Å²) in [6.07, 6.45) is 2.77. The molecule has 7 nitrogen and oxygen atoms in total. The predicted octanol–water partition coefficient (Wildman–Crippen LogP) is 5.19. The molecule has 1 amide bonds. The van der Waals surface area contributed by atoms with Gasteiger partial charge < -0.3 is 10.2 Å². The molecule has 0 aliphatic heterocycles. The van der Waals surface area contributed by atoms with Crippen molar-refractivity contribution in [3.63, 3.8) is 0 Å². The van der Waals surface area contributed by atoms with Crippen molar-refractivity contribution in [2.45, 2.75) is 5.66 Å². The fraction of sp³-hybridized carbons (Fsp3) is 0.105. The quantitative estimate of drug-likeness (QED) is 0.305. The average molecular weight is 451 g/mol. The molecule has 10 heteroatoms. The van der Waals surface area contributed by atoms with Gasteiger partial charge in [-0.05, 0) is 46.2 Å². The maximum atomic E-state index is 12.8. The van der Waals surface area contributed by atoms with E-state index in [1.165, 1.54) is 41.8 Å². The molecule has 2 unspecified atom stereocenters. The minimum atomic E-state index is -3.84. The first-order valence-electron chi connectivity index (χ1n) is 8.35. The SMILES string of the molecule is CP(=O)(O)C(C(=O)NC=Cc1cccc([N+](=O)[O-])c1)c1csc2ccc(Cl)cc12. The van der Waals surface area contributed by atoms with E-state index < -0.39 is 23.9 Å². The van der Waals surface area contributed by atoms with Crippen LogP contribution in [0.25, 0.3) is 16.2 Å². The number of halogens is 1. The molecule has 0 aliphatic carbocycles. The van der Waals surface area contributed by atoms with E-state index in [4.69, 9.17) is 11.6 Å². The van der Waals surface area contributed by atoms with Gasteiger partial charge in [-0.1, -0.05) is 23.7 Å². The van der Waals surface area contributed by atoms with Crippen LogP contribution in [-0.4, -0.2) is 22.4 Å². The van der Waals surface area contributed by atoms with Crippen LogP contribution in [0, 0.1) is 10.1 Å². The number of carbonyl (C=O) groups is 1. The van der Waals surface area contributed by atoms with Crippen molar-refractivity contribution in [1.29, 1.82) is 0 Å². The highest BCUT2D eigenvalue weighted by atomic mass is 35.5. The monoisotopic (exact) mass is 450 g/mol. The standard InChI is InChI=1S/C19H16ClN2O5PS/c1-28(26,27)18(16-11-29-17-6-5-13(20)10-15(16)17)19(23)21-8-7-12-3-2-4-14(9-12)22(24)25/h2-11,18H,1H3,(H,21,23)(H,26,27). The number of nitro benzene ring substituents is 1. The van der Waals surface area contributed by atoms with Crippen molar-refractivity contribution in [2.75, 3.05) is 6.66 Å². The Morgan fingerprint density at radius 3 is 2.79 bits per heavy atom. The van der Waals surface area contributed by atoms with Crippen molar-refractivity contribution in [2.24, 2.45) is 0 Å². The largest absolute Gasteiger partial charge is 0.344 e. The average Bonchev–Trinajstić information content (AvgIpc) is 3.03. The minimum Gasteiger partial charge on any atom is -0.344 e. The third-order valence-corrected chi connectivity index (χ3v) is 6.86. The van der Waals surface area contributed by atoms with E-state index in [-0.39, 0.29) is 5.69 Å². The Kier molecular flexibility index (Phi) is 6.19. The number of hydrogen-bond donors (Lipinski definition) is 2. The first kappa shape index (κ1) is 21.2. The second kappa shape index (κ2) is 8.47. The highest BCUT2D eigenvalue weighted by Gasteiger charge is 2.36. The van der Waals surface area contributed by atoms with E-state index in [1.807, 2.05) is 0 Å². The molecule has 2 N–H and O–H groups in total. The van der Waals surface area contributed by atoms with E-state index in [0.29, 0.717) is 21.5 Å². The Morgan fingerprint density at radius 2 is 2.10 bits per heavy atom. The molecule has 3 rings (SSSR count). The van der Waals surface area contributed by atoms with Gasteiger partial charge in [0.1, 0.15) is 5.66 Å². The van der Waals surface area contributed by atoms with Crippen molar-refractivity contribution in [3.8, 4) is 0 Å². The fourth-order valence-corrected chi connectivity index (χ4v) is 5.37. The topological polar surface area (TPSA) is 110 Å². The van der Waals surface area contributed by atoms with Gasteiger partial charge in [-0.2, -0.15) is 0 Å². The lowest BCUT2D eigenvalue weighted by molar-refractivity contribution is -0.384. The summed E-state index contributed by atoms with van der Waals surface area (Å²) >= 11 is 7.40. The molecule has 0 radical (unpaired) electrons. The van der Waals surface area contributed by atoms with E-state index in [0.717, 1.165) is 11.4 Å². The van der Waals surface area contributed by atoms with Crippen LogP contribution in [0.4, 0.5) is 5.69 Å². The smallest absolute Gasteiger partial charge is 0.270 e. The fourth-order valence-electron chi connectivity index (χ4n) is 2.89. The summed E-state index contributed by atoms with van der Waals surface area (Å²) in [6.45, 7) is 1.13. The molecule has 2 atom stereocenters. The Hall–Kier alpha value is -2.51. The molecule has 0 aliphatic rings. The highest BCUT2D eigenvalue weighted by Crippen LogP contribution is 2.54. The zero-order valence-electron chi connectivity index (χ0n) is 15.1. The van der Waals surface area contributed by atoms with Gasteiger partial charge in [-0.15, -0.1) is 11.3 Å². The normalized spacial score (nSPS) is 14.6. The second-order valence-corrected chi connectivity index (χ2v) is 10.1. The summed E-state index contributed by atoms with van der Waals surface area (Å²) in [7, 11) is -3.84. The van der Waals surface area contributed by atoms with E-state index >= 15 is 0 Å². The third kappa shape index (κ3) is 4.92. The third-order valence-electron chi connectivity index (χ3n) is 4.17. The summed E-state index contributed by atoms with van der Waals surface area (Å²) in [4.78, 5) is 33.3. The van der Waals surface area contributed by atoms with Crippen LogP contribution in [0.2, 0.25) is 5.02 Å². The molecule has 150 valence electrons. The lowest BCUT2D eigenvalue weighted by Gasteiger charge is -2.18. The number of thiophene rings is 1. The van der Waals surface area contributed by atoms with Crippen LogP contribution in [0.15, 0.2) is 54.0 Å². The molecular formula is C19H16ClN2O5PS. The number of benzene rings is 2. The maximum Gasteiger partial charge on any atom is 0.270 e. The Labute approximate surface area is 175 Å². The van der Waals surface area contributed by atoms with Crippen molar-refractivity contribution in [1.82, 2.24) is 5.32 Å². The summed E-state index contributed by atoms with van der Waals surface area (Å²) in [5.74, 6) is -0.653. The van der Waals surface area contributed by atoms with E-state index in [1.54, 1.807) is 29.6 Å². The number of nitro groups is 1. The number of nitrogens with zero attached hydrogens (tertiary/aromatic N) is 1. The number of hydrogen-bond acceptors (Lipinski definition) is 5. The number of carbonyl (C=O) groups excluding carboxylic acids is 1. The van der Waals surface area contributed by atoms with Crippen LogP contribution in [-0.2, 0) is 9.36 Å². The Morgan fingerprint density at radius 1 is 1.34 bits per heavy atom. The van der Waals surface area contributed by atoms with Crippen LogP contribution in [0.5, 0.6) is 0 Å². The molecular weight excluding hydrogens is 435 g/mol. The van der Waals surface area contributed by atoms with Gasteiger partial charge in [-0.25, -0.2) is 0 Å². The zero-order valence-corrected chi connectivity index (χ0v) is 17.6. The number of amides is 1. The molecule has 0 fully saturated rings. The zero-order chi connectivity index (χ0) is 21.2. The van der Waals surface area contributed by atoms with Crippen molar-refractivity contribution >= 4 is 58.1 Å². The number of nitrogens with one attached hydrogen (secondary N) is 1. The van der Waals surface area contributed by atoms with Gasteiger partial charge in [0.05, 0.1) is 4.92 Å². The van der Waals surface area contributed by atoms with Gasteiger partial charge in [0.25, 0.3) is 5.69 Å². The number of non-ortho nitro benzene ring substituents is 1. The van der Waals surface area contributed by atoms with Crippen LogP contribution in [0.3, 0.4) is 0 Å². The summed E-state index contributed by atoms with van der Waals surface area (Å²) in [6, 6.07) is 11.0. The predicted molar refractivity (Wildman–Crippen MR) is 116 cm³/mol. The van der Waals surface area contributed by atoms with Gasteiger partial charge >= 0.3 is 0 Å². The molecule has 1 aromatic heterocycles. The molecule has 29 heavy (non-hydrogen) atoms. The first-order chi connectivity index (χ1) is 13.7. The lowest BCUT2D eigenvalue weighted by Crippen LogP contribution is -2.25. The Bertz CT molecular complexity index is 1170. The van der Waals surface area contributed by atoms with Crippen LogP contribution < -0.4 is 5.32 Å². The summed E-state index contributed by atoms with van der Waals surface area (Å²) in [5.41, 5.74) is -0.412. The van der Waals surface area contributed by atoms with Crippen LogP contribution >= 0.6 is 30.3 Å². The first-order valence-corrected chi connectivity index (χ1v) is 11.8. The molecule has 1 heterocycles. The van der Waals surface area contributed by atoms with Crippen LogP contribution in [0.1, 0.15) is 16.8 Å². The van der Waals surface area contributed by atoms with Crippen molar-refractivity contribution < 1.29 is 19.2 Å². The van der Waals surface area contributed by atoms with E-state index in [2.05, 4.69) is 5.32 Å². The molecule has 3 aromatic rings. The van der Waals surface area contributed by atoms with Gasteiger partial charge in [0, 0.05) is 34.7 Å². The summed E-state index contributed by atoms with van der Waals surface area (Å²) < 4.78 is 13.4. The minimum absolute atomic E-state index is 0.0774. The summed E-state index contributed by atoms with van der Waals surface area (Å²) in [5, 5.41) is 16.1.